The van der Waals surface area contributed by atoms with Gasteiger partial charge >= 0.3 is 0 Å². The highest BCUT2D eigenvalue weighted by Crippen LogP contribution is 2.21. The average Bonchev–Trinajstić information content (AvgIpc) is 2.72. The van der Waals surface area contributed by atoms with Crippen LogP contribution < -0.4 is 15.0 Å². The number of hydrogen-bond donors (Lipinski definition) is 2. The number of aryl methyl sites for hydroxylation is 3. The third-order valence-corrected chi connectivity index (χ3v) is 5.19. The largest absolute Gasteiger partial charge is 0.867 e. The van der Waals surface area contributed by atoms with Crippen LogP contribution in [0, 0.1) is 20.8 Å². The lowest BCUT2D eigenvalue weighted by atomic mass is 10.0. The Morgan fingerprint density at radius 3 is 2.45 bits per heavy atom. The first-order valence-corrected chi connectivity index (χ1v) is 9.79. The lowest BCUT2D eigenvalue weighted by molar-refractivity contribution is -0.578. The minimum Gasteiger partial charge on any atom is -0.867 e. The second-order valence-electron chi connectivity index (χ2n) is 7.02. The molecule has 0 aliphatic heterocycles. The maximum atomic E-state index is 13.5. The van der Waals surface area contributed by atoms with Gasteiger partial charge in [-0.1, -0.05) is 48.6 Å². The van der Waals surface area contributed by atoms with Crippen LogP contribution in [0.5, 0.6) is 0 Å². The number of para-hydroxylation sites is 1. The summed E-state index contributed by atoms with van der Waals surface area (Å²) in [6.07, 6.45) is 3.49. The van der Waals surface area contributed by atoms with Crippen molar-refractivity contribution in [1.82, 2.24) is 0 Å². The van der Waals surface area contributed by atoms with Gasteiger partial charge in [-0.05, 0) is 60.9 Å². The Bertz CT molecular complexity index is 1090. The number of aromatic nitrogens is 1. The summed E-state index contributed by atoms with van der Waals surface area (Å²) in [5.41, 5.74) is 5.64. The third kappa shape index (κ3) is 4.70. The topological polar surface area (TPSA) is 59.2 Å². The number of hydrogen-bond acceptors (Lipinski definition) is 3. The second-order valence-corrected chi connectivity index (χ2v) is 7.43. The van der Waals surface area contributed by atoms with Crippen LogP contribution in [0.2, 0.25) is 0 Å². The van der Waals surface area contributed by atoms with Gasteiger partial charge in [0, 0.05) is 17.3 Å². The van der Waals surface area contributed by atoms with E-state index >= 15 is 0 Å². The van der Waals surface area contributed by atoms with Gasteiger partial charge in [-0.15, -0.1) is 0 Å². The minimum absolute atomic E-state index is 0.121. The van der Waals surface area contributed by atoms with Crippen LogP contribution in [-0.4, -0.2) is 10.1 Å². The number of aliphatic hydroxyl groups is 1. The Hall–Kier alpha value is -3.02. The highest BCUT2D eigenvalue weighted by Gasteiger charge is 2.20. The van der Waals surface area contributed by atoms with Gasteiger partial charge in [0.1, 0.15) is 0 Å². The van der Waals surface area contributed by atoms with Gasteiger partial charge in [0.15, 0.2) is 17.4 Å². The first kappa shape index (κ1) is 20.7. The third-order valence-electron chi connectivity index (χ3n) is 4.90. The molecule has 148 valence electrons. The lowest BCUT2D eigenvalue weighted by Gasteiger charge is -2.18. The fourth-order valence-corrected chi connectivity index (χ4v) is 3.32. The summed E-state index contributed by atoms with van der Waals surface area (Å²) < 4.78 is 1.68. The highest BCUT2D eigenvalue weighted by molar-refractivity contribution is 7.81. The first-order valence-electron chi connectivity index (χ1n) is 9.38. The predicted octanol–water partition coefficient (Wildman–Crippen LogP) is 3.52. The number of rotatable bonds is 5. The summed E-state index contributed by atoms with van der Waals surface area (Å²) in [6, 6.07) is 17.0. The molecule has 0 radical (unpaired) electrons. The predicted molar refractivity (Wildman–Crippen MR) is 119 cm³/mol. The van der Waals surface area contributed by atoms with Crippen LogP contribution in [0.25, 0.3) is 11.5 Å². The van der Waals surface area contributed by atoms with E-state index in [-0.39, 0.29) is 12.4 Å². The van der Waals surface area contributed by atoms with Crippen molar-refractivity contribution in [2.75, 3.05) is 5.32 Å². The maximum absolute atomic E-state index is 13.5. The molecule has 5 heteroatoms. The van der Waals surface area contributed by atoms with Gasteiger partial charge in [0.2, 0.25) is 5.70 Å². The molecule has 0 fully saturated rings. The van der Waals surface area contributed by atoms with Gasteiger partial charge in [0.05, 0.1) is 6.61 Å². The van der Waals surface area contributed by atoms with E-state index < -0.39 is 0 Å². The molecule has 0 saturated heterocycles. The van der Waals surface area contributed by atoms with E-state index in [9.17, 15) is 10.2 Å². The molecule has 0 bridgehead atoms. The van der Waals surface area contributed by atoms with Crippen molar-refractivity contribution in [3.63, 3.8) is 0 Å². The van der Waals surface area contributed by atoms with E-state index in [0.717, 1.165) is 22.4 Å². The maximum Gasteiger partial charge on any atom is 0.238 e. The smallest absolute Gasteiger partial charge is 0.238 e. The summed E-state index contributed by atoms with van der Waals surface area (Å²) in [6.45, 7) is 5.85. The molecule has 0 saturated carbocycles. The van der Waals surface area contributed by atoms with Crippen LogP contribution in [0.1, 0.15) is 27.8 Å². The Morgan fingerprint density at radius 2 is 1.76 bits per heavy atom. The molecule has 2 aromatic carbocycles. The number of thiocarbonyl (C=S) groups is 1. The molecule has 4 nitrogen and oxygen atoms in total. The van der Waals surface area contributed by atoms with Crippen molar-refractivity contribution in [3.05, 3.63) is 94.8 Å². The highest BCUT2D eigenvalue weighted by atomic mass is 32.1. The summed E-state index contributed by atoms with van der Waals surface area (Å²) in [5, 5.41) is 26.2. The molecule has 0 amide bonds. The molecular formula is C24H24N2O2S. The zero-order valence-corrected chi connectivity index (χ0v) is 17.6. The van der Waals surface area contributed by atoms with Crippen molar-refractivity contribution in [3.8, 4) is 0 Å². The fourth-order valence-electron chi connectivity index (χ4n) is 3.01. The molecule has 0 aliphatic rings. The number of nitrogens with zero attached hydrogens (tertiary/aromatic N) is 1. The van der Waals surface area contributed by atoms with Crippen LogP contribution in [0.4, 0.5) is 5.69 Å². The molecule has 0 unspecified atom stereocenters. The summed E-state index contributed by atoms with van der Waals surface area (Å²) >= 11 is 5.66. The SMILES string of the molecule is Cc1ccc(C([O-])=C(C(=S)Nc2ccccc2C)[n+]2cccc(CO)c2)cc1C. The Morgan fingerprint density at radius 1 is 1.00 bits per heavy atom. The first-order chi connectivity index (χ1) is 13.9. The molecule has 0 aliphatic carbocycles. The Balaban J connectivity index is 2.13. The zero-order valence-electron chi connectivity index (χ0n) is 16.8. The van der Waals surface area contributed by atoms with E-state index in [1.807, 2.05) is 63.2 Å². The molecule has 2 N–H and O–H groups in total. The van der Waals surface area contributed by atoms with Gasteiger partial charge in [0.25, 0.3) is 0 Å². The Kier molecular flexibility index (Phi) is 6.42. The monoisotopic (exact) mass is 404 g/mol. The number of anilines is 1. The van der Waals surface area contributed by atoms with Crippen molar-refractivity contribution in [2.24, 2.45) is 0 Å². The second kappa shape index (κ2) is 8.99. The number of aliphatic hydroxyl groups excluding tert-OH is 1. The molecule has 3 aromatic rings. The molecule has 1 heterocycles. The number of pyridine rings is 1. The summed E-state index contributed by atoms with van der Waals surface area (Å²) in [5.74, 6) is -0.181. The summed E-state index contributed by atoms with van der Waals surface area (Å²) in [7, 11) is 0. The van der Waals surface area contributed by atoms with Crippen LogP contribution in [0.3, 0.4) is 0 Å². The van der Waals surface area contributed by atoms with Gasteiger partial charge in [-0.2, -0.15) is 4.57 Å². The van der Waals surface area contributed by atoms with Gasteiger partial charge in [-0.3, -0.25) is 0 Å². The van der Waals surface area contributed by atoms with Crippen molar-refractivity contribution < 1.29 is 14.8 Å². The normalized spacial score (nSPS) is 11.7. The van der Waals surface area contributed by atoms with Crippen LogP contribution in [-0.2, 0) is 6.61 Å². The van der Waals surface area contributed by atoms with Crippen molar-refractivity contribution in [1.29, 1.82) is 0 Å². The zero-order chi connectivity index (χ0) is 21.0. The molecule has 3 rings (SSSR count). The minimum atomic E-state index is -0.181. The standard InChI is InChI=1S/C24H24N2O2S/c1-16-10-11-20(13-18(16)3)23(28)22(26-12-6-8-19(14-26)15-27)24(29)25-21-9-5-4-7-17(21)2/h4-14,27H,15H2,1-3H3,(H-,25,28,29). The number of nitrogens with one attached hydrogen (secondary N) is 1. The van der Waals surface area contributed by atoms with Crippen LogP contribution >= 0.6 is 12.2 Å². The van der Waals surface area contributed by atoms with Crippen molar-refractivity contribution in [2.45, 2.75) is 27.4 Å². The van der Waals surface area contributed by atoms with E-state index in [4.69, 9.17) is 12.2 Å². The molecule has 0 spiro atoms. The summed E-state index contributed by atoms with van der Waals surface area (Å²) in [4.78, 5) is 0.322. The fraction of sp³-hybridized carbons (Fsp3) is 0.167. The average molecular weight is 405 g/mol. The van der Waals surface area contributed by atoms with Crippen molar-refractivity contribution >= 4 is 34.3 Å². The molecule has 29 heavy (non-hydrogen) atoms. The Labute approximate surface area is 176 Å². The van der Waals surface area contributed by atoms with Gasteiger partial charge in [-0.25, -0.2) is 0 Å². The lowest BCUT2D eigenvalue weighted by Crippen LogP contribution is -2.40. The van der Waals surface area contributed by atoms with E-state index in [1.165, 1.54) is 0 Å². The van der Waals surface area contributed by atoms with E-state index in [1.54, 1.807) is 29.1 Å². The quantitative estimate of drug-likeness (QED) is 0.296. The molecular weight excluding hydrogens is 380 g/mol. The van der Waals surface area contributed by atoms with E-state index in [0.29, 0.717) is 21.8 Å². The van der Waals surface area contributed by atoms with E-state index in [2.05, 4.69) is 5.32 Å². The number of benzene rings is 2. The molecule has 0 atom stereocenters. The van der Waals surface area contributed by atoms with Crippen LogP contribution in [0.15, 0.2) is 67.0 Å². The van der Waals surface area contributed by atoms with Gasteiger partial charge < -0.3 is 15.5 Å². The molecule has 1 aromatic heterocycles.